The minimum atomic E-state index is -3.74. The van der Waals surface area contributed by atoms with E-state index in [1.54, 1.807) is 22.3 Å². The Labute approximate surface area is 319 Å². The third-order valence-corrected chi connectivity index (χ3v) is 29.2. The van der Waals surface area contributed by atoms with Crippen LogP contribution in [-0.4, -0.2) is 6.88 Å². The van der Waals surface area contributed by atoms with E-state index in [9.17, 15) is 0 Å². The topological polar surface area (TPSA) is 0 Å². The zero-order valence-corrected chi connectivity index (χ0v) is 37.7. The normalized spacial score (nSPS) is 17.7. The van der Waals surface area contributed by atoms with Crippen molar-refractivity contribution < 1.29 is 17.4 Å². The molecule has 0 spiro atoms. The molecule has 0 N–H and O–H groups in total. The van der Waals surface area contributed by atoms with Crippen LogP contribution in [0.5, 0.6) is 0 Å². The van der Waals surface area contributed by atoms with Crippen LogP contribution in [0.15, 0.2) is 96.1 Å². The second kappa shape index (κ2) is 15.2. The van der Waals surface area contributed by atoms with Gasteiger partial charge < -0.3 is 0 Å². The van der Waals surface area contributed by atoms with Gasteiger partial charge in [-0.1, -0.05) is 0 Å². The Morgan fingerprint density at radius 3 is 1.66 bits per heavy atom. The molecule has 266 valence electrons. The predicted octanol–water partition coefficient (Wildman–Crippen LogP) is 14.0. The summed E-state index contributed by atoms with van der Waals surface area (Å²) >= 11 is -3.74. The van der Waals surface area contributed by atoms with E-state index in [0.717, 1.165) is 6.42 Å². The molecule has 0 radical (unpaired) electrons. The zero-order valence-electron chi connectivity index (χ0n) is 32.2. The molecule has 4 heteroatoms. The standard InChI is InChI=1S/C24H29.C20H21.2CH3.2ClH.H2Si.Zr/c1-6-8-17(2)20-15-19-9-7-10-22(23(19)16-20)18-11-13-21(14-12-18)24(3,4)5;1-4-15-12-18-6-5-7-19(20(18)13-15)17-10-8-16(9-11-17)14(2)3;;;;;;/h7,9-17H,6,8H2,1-5H3;5-14H,4H2,1-3H3;2*1H3;2*1H;1H2;. The van der Waals surface area contributed by atoms with Gasteiger partial charge in [0.2, 0.25) is 0 Å². The maximum atomic E-state index is 2.81. The Bertz CT molecular complexity index is 1970. The van der Waals surface area contributed by atoms with Gasteiger partial charge in [0.1, 0.15) is 0 Å². The molecule has 0 saturated carbocycles. The van der Waals surface area contributed by atoms with Gasteiger partial charge in [0.05, 0.1) is 0 Å². The molecule has 0 heterocycles. The van der Waals surface area contributed by atoms with Crippen LogP contribution in [-0.2, 0) is 22.8 Å². The Morgan fingerprint density at radius 2 is 1.18 bits per heavy atom. The van der Waals surface area contributed by atoms with Gasteiger partial charge in [-0.2, -0.15) is 0 Å². The third-order valence-electron chi connectivity index (χ3n) is 11.8. The second-order valence-corrected chi connectivity index (χ2v) is 47.9. The number of halogens is 2. The number of rotatable bonds is 9. The molecule has 2 aliphatic rings. The van der Waals surface area contributed by atoms with Crippen molar-refractivity contribution in [1.29, 1.82) is 0 Å². The van der Waals surface area contributed by atoms with E-state index in [4.69, 9.17) is 0 Å². The van der Waals surface area contributed by atoms with Crippen molar-refractivity contribution in [2.45, 2.75) is 103 Å². The monoisotopic (exact) mass is 800 g/mol. The summed E-state index contributed by atoms with van der Waals surface area (Å²) in [6, 6.07) is 33.2. The largest absolute Gasteiger partial charge is 0.147 e. The van der Waals surface area contributed by atoms with Gasteiger partial charge >= 0.3 is 297 Å². The number of allylic oxidation sites excluding steroid dienone is 2. The maximum Gasteiger partial charge on any atom is -0.147 e. The molecular formula is C46H60Cl2SiZr. The van der Waals surface area contributed by atoms with Gasteiger partial charge in [0.25, 0.3) is 0 Å². The van der Waals surface area contributed by atoms with Crippen LogP contribution in [0.4, 0.5) is 0 Å². The smallest absolute Gasteiger partial charge is 0.147 e. The first-order chi connectivity index (χ1) is 22.6. The molecule has 2 aliphatic carbocycles. The molecule has 4 aromatic rings. The maximum absolute atomic E-state index is 3.74. The molecule has 4 aromatic carbocycles. The summed E-state index contributed by atoms with van der Waals surface area (Å²) in [4.78, 5) is 0. The van der Waals surface area contributed by atoms with Gasteiger partial charge in [0.15, 0.2) is 0 Å². The zero-order chi connectivity index (χ0) is 34.6. The van der Waals surface area contributed by atoms with Crippen molar-refractivity contribution in [3.63, 3.8) is 0 Å². The van der Waals surface area contributed by atoms with Crippen molar-refractivity contribution in [2.24, 2.45) is 5.92 Å². The molecule has 6 rings (SSSR count). The van der Waals surface area contributed by atoms with E-state index in [0.29, 0.717) is 19.1 Å². The summed E-state index contributed by atoms with van der Waals surface area (Å²) < 4.78 is 6.67. The fourth-order valence-corrected chi connectivity index (χ4v) is 29.2. The second-order valence-electron chi connectivity index (χ2n) is 17.4. The Kier molecular flexibility index (Phi) is 12.4. The van der Waals surface area contributed by atoms with E-state index < -0.39 is 17.4 Å². The molecule has 0 saturated heterocycles. The Balaban J connectivity index is 0.00000281. The summed E-state index contributed by atoms with van der Waals surface area (Å²) in [5.74, 6) is 1.11. The molecule has 50 heavy (non-hydrogen) atoms. The first kappa shape index (κ1) is 40.8. The Hall–Kier alpha value is -1.96. The quantitative estimate of drug-likeness (QED) is 0.148. The van der Waals surface area contributed by atoms with Crippen LogP contribution in [0.1, 0.15) is 121 Å². The molecule has 0 aromatic heterocycles. The SMILES string of the molecule is CCCC(C)C1=Cc2c(-c3ccc(C(C)(C)C)cc3)cccc2[CH]1[Zr]([CH3])([CH3])(=[SiH2])[CH]1C(CC)=Cc2c(-c3ccc(C(C)C)cc3)cccc21.Cl.Cl. The average Bonchev–Trinajstić information content (AvgIpc) is 3.65. The minimum Gasteiger partial charge on any atom is -0.147 e. The van der Waals surface area contributed by atoms with E-state index in [-0.39, 0.29) is 30.2 Å². The number of benzene rings is 4. The van der Waals surface area contributed by atoms with Crippen LogP contribution in [0.3, 0.4) is 0 Å². The number of hydrogen-bond acceptors (Lipinski definition) is 0. The van der Waals surface area contributed by atoms with Crippen molar-refractivity contribution in [2.75, 3.05) is 0 Å². The molecule has 3 unspecified atom stereocenters. The van der Waals surface area contributed by atoms with Crippen molar-refractivity contribution in [1.82, 2.24) is 0 Å². The Morgan fingerprint density at radius 1 is 0.680 bits per heavy atom. The van der Waals surface area contributed by atoms with Crippen LogP contribution in [0, 0.1) is 5.92 Å². The summed E-state index contributed by atoms with van der Waals surface area (Å²) in [6.07, 6.45) is 8.85. The summed E-state index contributed by atoms with van der Waals surface area (Å²) in [5.41, 5.74) is 17.9. The minimum absolute atomic E-state index is 0. The van der Waals surface area contributed by atoms with Gasteiger partial charge in [-0.05, 0) is 0 Å². The van der Waals surface area contributed by atoms with Crippen molar-refractivity contribution in [3.05, 3.63) is 129 Å². The third kappa shape index (κ3) is 7.31. The fraction of sp³-hybridized carbons (Fsp3) is 0.391. The first-order valence-electron chi connectivity index (χ1n) is 18.6. The molecular weight excluding hydrogens is 743 g/mol. The van der Waals surface area contributed by atoms with E-state index in [1.807, 2.05) is 0 Å². The summed E-state index contributed by atoms with van der Waals surface area (Å²) in [6.45, 7) is 21.2. The molecule has 0 nitrogen and oxygen atoms in total. The summed E-state index contributed by atoms with van der Waals surface area (Å²) in [5, 5.41) is 0. The molecule has 0 bridgehead atoms. The molecule has 0 amide bonds. The predicted molar refractivity (Wildman–Crippen MR) is 227 cm³/mol. The average molecular weight is 803 g/mol. The van der Waals surface area contributed by atoms with E-state index in [2.05, 4.69) is 169 Å². The van der Waals surface area contributed by atoms with Crippen molar-refractivity contribution >= 4 is 43.8 Å². The van der Waals surface area contributed by atoms with Crippen LogP contribution in [0.2, 0.25) is 9.26 Å². The van der Waals surface area contributed by atoms with Crippen molar-refractivity contribution in [3.8, 4) is 22.3 Å². The van der Waals surface area contributed by atoms with E-state index in [1.165, 1.54) is 57.3 Å². The van der Waals surface area contributed by atoms with Gasteiger partial charge in [-0.3, -0.25) is 0 Å². The van der Waals surface area contributed by atoms with Crippen LogP contribution in [0.25, 0.3) is 34.4 Å². The molecule has 3 atom stereocenters. The molecule has 0 aliphatic heterocycles. The molecule has 0 fully saturated rings. The number of fused-ring (bicyclic) bond motifs is 2. The van der Waals surface area contributed by atoms with Gasteiger partial charge in [-0.25, -0.2) is 0 Å². The summed E-state index contributed by atoms with van der Waals surface area (Å²) in [7, 11) is 0. The fourth-order valence-electron chi connectivity index (χ4n) is 9.27. The van der Waals surface area contributed by atoms with E-state index >= 15 is 0 Å². The van der Waals surface area contributed by atoms with Gasteiger partial charge in [0, 0.05) is 0 Å². The number of hydrogen-bond donors (Lipinski definition) is 0. The van der Waals surface area contributed by atoms with Crippen LogP contribution < -0.4 is 0 Å². The van der Waals surface area contributed by atoms with Gasteiger partial charge in [-0.15, -0.1) is 24.8 Å². The van der Waals surface area contributed by atoms with Crippen LogP contribution >= 0.6 is 24.8 Å². The first-order valence-corrected chi connectivity index (χ1v) is 32.3.